The number of amides is 1. The molecule has 1 aliphatic rings. The minimum atomic E-state index is -0.918. The number of carbonyl (C=O) groups is 1. The van der Waals surface area contributed by atoms with Gasteiger partial charge in [-0.15, -0.1) is 12.4 Å². The molecule has 1 fully saturated rings. The van der Waals surface area contributed by atoms with Gasteiger partial charge in [-0.05, 0) is 13.8 Å². The molecule has 0 spiro atoms. The number of alkyl halides is 1. The summed E-state index contributed by atoms with van der Waals surface area (Å²) in [4.78, 5) is 13.1. The van der Waals surface area contributed by atoms with Crippen LogP contribution in [0.3, 0.4) is 0 Å². The highest BCUT2D eigenvalue weighted by atomic mass is 35.5. The SMILES string of the molecule is CC(C)=CC(=O)N1C[C@H](F)C[C@H]1CN.Cl. The van der Waals surface area contributed by atoms with Crippen LogP contribution in [0, 0.1) is 0 Å². The van der Waals surface area contributed by atoms with Crippen LogP contribution in [0.2, 0.25) is 0 Å². The highest BCUT2D eigenvalue weighted by Crippen LogP contribution is 2.20. The third-order valence-electron chi connectivity index (χ3n) is 2.33. The summed E-state index contributed by atoms with van der Waals surface area (Å²) < 4.78 is 13.0. The minimum absolute atomic E-state index is 0. The zero-order chi connectivity index (χ0) is 10.7. The van der Waals surface area contributed by atoms with Crippen molar-refractivity contribution < 1.29 is 9.18 Å². The van der Waals surface area contributed by atoms with E-state index in [1.807, 2.05) is 13.8 Å². The van der Waals surface area contributed by atoms with Crippen molar-refractivity contribution in [2.75, 3.05) is 13.1 Å². The molecule has 0 aromatic carbocycles. The van der Waals surface area contributed by atoms with Gasteiger partial charge in [-0.2, -0.15) is 0 Å². The number of allylic oxidation sites excluding steroid dienone is 1. The zero-order valence-corrected chi connectivity index (χ0v) is 9.89. The second-order valence-electron chi connectivity index (χ2n) is 3.93. The molecular weight excluding hydrogens is 219 g/mol. The fraction of sp³-hybridized carbons (Fsp3) is 0.700. The Kier molecular flexibility index (Phi) is 5.83. The maximum absolute atomic E-state index is 13.0. The lowest BCUT2D eigenvalue weighted by atomic mass is 10.2. The Morgan fingerprint density at radius 1 is 1.60 bits per heavy atom. The summed E-state index contributed by atoms with van der Waals surface area (Å²) in [5.74, 6) is -0.124. The Bertz CT molecular complexity index is 254. The van der Waals surface area contributed by atoms with E-state index in [9.17, 15) is 9.18 Å². The molecule has 15 heavy (non-hydrogen) atoms. The summed E-state index contributed by atoms with van der Waals surface area (Å²) in [6.45, 7) is 4.21. The van der Waals surface area contributed by atoms with Gasteiger partial charge in [0.2, 0.25) is 5.91 Å². The first-order valence-electron chi connectivity index (χ1n) is 4.84. The van der Waals surface area contributed by atoms with E-state index in [0.717, 1.165) is 5.57 Å². The predicted octanol–water partition coefficient (Wildman–Crippen LogP) is 1.27. The Morgan fingerprint density at radius 2 is 2.20 bits per heavy atom. The van der Waals surface area contributed by atoms with E-state index in [1.165, 1.54) is 11.0 Å². The van der Waals surface area contributed by atoms with Gasteiger partial charge in [-0.25, -0.2) is 4.39 Å². The van der Waals surface area contributed by atoms with Crippen LogP contribution in [-0.4, -0.2) is 36.1 Å². The van der Waals surface area contributed by atoms with Crippen LogP contribution >= 0.6 is 12.4 Å². The molecule has 2 atom stereocenters. The lowest BCUT2D eigenvalue weighted by Crippen LogP contribution is -2.39. The molecule has 1 rings (SSSR count). The van der Waals surface area contributed by atoms with Crippen LogP contribution in [0.15, 0.2) is 11.6 Å². The molecule has 2 N–H and O–H groups in total. The van der Waals surface area contributed by atoms with Crippen molar-refractivity contribution in [3.8, 4) is 0 Å². The first kappa shape index (κ1) is 14.4. The average molecular weight is 237 g/mol. The van der Waals surface area contributed by atoms with E-state index in [1.54, 1.807) is 0 Å². The first-order chi connectivity index (χ1) is 6.54. The fourth-order valence-electron chi connectivity index (χ4n) is 1.68. The molecule has 0 aromatic rings. The molecule has 0 unspecified atom stereocenters. The van der Waals surface area contributed by atoms with Crippen molar-refractivity contribution in [1.82, 2.24) is 4.90 Å². The summed E-state index contributed by atoms with van der Waals surface area (Å²) in [5, 5.41) is 0. The van der Waals surface area contributed by atoms with Gasteiger partial charge in [0.15, 0.2) is 0 Å². The average Bonchev–Trinajstić information content (AvgIpc) is 2.45. The van der Waals surface area contributed by atoms with Crippen molar-refractivity contribution in [2.24, 2.45) is 5.73 Å². The lowest BCUT2D eigenvalue weighted by Gasteiger charge is -2.21. The van der Waals surface area contributed by atoms with Crippen molar-refractivity contribution in [2.45, 2.75) is 32.5 Å². The second-order valence-corrected chi connectivity index (χ2v) is 3.93. The van der Waals surface area contributed by atoms with Gasteiger partial charge < -0.3 is 10.6 Å². The van der Waals surface area contributed by atoms with Gasteiger partial charge in [0.05, 0.1) is 6.54 Å². The van der Waals surface area contributed by atoms with E-state index in [2.05, 4.69) is 0 Å². The molecule has 0 aromatic heterocycles. The Balaban J connectivity index is 0.00000196. The molecule has 0 bridgehead atoms. The van der Waals surface area contributed by atoms with Crippen molar-refractivity contribution in [3.63, 3.8) is 0 Å². The normalized spacial score (nSPS) is 24.7. The summed E-state index contributed by atoms with van der Waals surface area (Å²) in [6.07, 6.45) is 0.984. The van der Waals surface area contributed by atoms with E-state index in [0.29, 0.717) is 13.0 Å². The number of carbonyl (C=O) groups excluding carboxylic acids is 1. The predicted molar refractivity (Wildman–Crippen MR) is 60.7 cm³/mol. The van der Waals surface area contributed by atoms with Crippen molar-refractivity contribution >= 4 is 18.3 Å². The number of halogens is 2. The topological polar surface area (TPSA) is 46.3 Å². The largest absolute Gasteiger partial charge is 0.332 e. The molecule has 1 heterocycles. The molecule has 1 saturated heterocycles. The molecule has 1 amide bonds. The summed E-state index contributed by atoms with van der Waals surface area (Å²) in [5.41, 5.74) is 6.40. The van der Waals surface area contributed by atoms with E-state index in [-0.39, 0.29) is 30.9 Å². The van der Waals surface area contributed by atoms with E-state index < -0.39 is 6.17 Å². The smallest absolute Gasteiger partial charge is 0.246 e. The molecule has 0 saturated carbocycles. The third-order valence-corrected chi connectivity index (χ3v) is 2.33. The summed E-state index contributed by atoms with van der Waals surface area (Å²) in [6, 6.07) is -0.131. The maximum atomic E-state index is 13.0. The molecule has 0 aliphatic carbocycles. The Hall–Kier alpha value is -0.610. The fourth-order valence-corrected chi connectivity index (χ4v) is 1.68. The Morgan fingerprint density at radius 3 is 2.67 bits per heavy atom. The van der Waals surface area contributed by atoms with Crippen LogP contribution < -0.4 is 5.73 Å². The molecule has 3 nitrogen and oxygen atoms in total. The summed E-state index contributed by atoms with van der Waals surface area (Å²) in [7, 11) is 0. The van der Waals surface area contributed by atoms with Crippen LogP contribution in [0.5, 0.6) is 0 Å². The number of nitrogens with zero attached hydrogens (tertiary/aromatic N) is 1. The number of likely N-dealkylation sites (tertiary alicyclic amines) is 1. The van der Waals surface area contributed by atoms with Gasteiger partial charge in [0.25, 0.3) is 0 Å². The molecule has 88 valence electrons. The van der Waals surface area contributed by atoms with Gasteiger partial charge >= 0.3 is 0 Å². The third kappa shape index (κ3) is 3.80. The van der Waals surface area contributed by atoms with Crippen LogP contribution in [0.4, 0.5) is 4.39 Å². The van der Waals surface area contributed by atoms with E-state index >= 15 is 0 Å². The van der Waals surface area contributed by atoms with Gasteiger partial charge in [-0.3, -0.25) is 4.79 Å². The minimum Gasteiger partial charge on any atom is -0.332 e. The standard InChI is InChI=1S/C10H17FN2O.ClH/c1-7(2)3-10(14)13-6-8(11)4-9(13)5-12;/h3,8-9H,4-6,12H2,1-2H3;1H/t8-,9+;/m1./s1. The molecule has 0 radical (unpaired) electrons. The van der Waals surface area contributed by atoms with Crippen molar-refractivity contribution in [1.29, 1.82) is 0 Å². The summed E-state index contributed by atoms with van der Waals surface area (Å²) >= 11 is 0. The van der Waals surface area contributed by atoms with Gasteiger partial charge in [-0.1, -0.05) is 5.57 Å². The van der Waals surface area contributed by atoms with Gasteiger partial charge in [0.1, 0.15) is 6.17 Å². The lowest BCUT2D eigenvalue weighted by molar-refractivity contribution is -0.126. The number of rotatable bonds is 2. The zero-order valence-electron chi connectivity index (χ0n) is 9.07. The van der Waals surface area contributed by atoms with E-state index in [4.69, 9.17) is 5.73 Å². The van der Waals surface area contributed by atoms with Crippen LogP contribution in [-0.2, 0) is 4.79 Å². The number of nitrogens with two attached hydrogens (primary N) is 1. The number of hydrogen-bond donors (Lipinski definition) is 1. The van der Waals surface area contributed by atoms with Crippen LogP contribution in [0.1, 0.15) is 20.3 Å². The second kappa shape index (κ2) is 6.08. The highest BCUT2D eigenvalue weighted by molar-refractivity contribution is 5.88. The number of hydrogen-bond acceptors (Lipinski definition) is 2. The Labute approximate surface area is 95.9 Å². The quantitative estimate of drug-likeness (QED) is 0.734. The first-order valence-corrected chi connectivity index (χ1v) is 4.84. The molecule has 5 heteroatoms. The van der Waals surface area contributed by atoms with Crippen LogP contribution in [0.25, 0.3) is 0 Å². The van der Waals surface area contributed by atoms with Gasteiger partial charge in [0, 0.05) is 25.1 Å². The van der Waals surface area contributed by atoms with Crippen molar-refractivity contribution in [3.05, 3.63) is 11.6 Å². The highest BCUT2D eigenvalue weighted by Gasteiger charge is 2.33. The molecular formula is C10H18ClFN2O. The molecule has 1 aliphatic heterocycles. The monoisotopic (exact) mass is 236 g/mol. The maximum Gasteiger partial charge on any atom is 0.246 e.